The van der Waals surface area contributed by atoms with Crippen molar-refractivity contribution in [1.82, 2.24) is 9.38 Å². The van der Waals surface area contributed by atoms with Gasteiger partial charge in [-0.3, -0.25) is 4.40 Å². The Kier molecular flexibility index (Phi) is 2.60. The van der Waals surface area contributed by atoms with Crippen molar-refractivity contribution in [3.05, 3.63) is 35.2 Å². The topological polar surface area (TPSA) is 43.6 Å². The normalized spacial score (nSPS) is 10.5. The molecule has 0 aliphatic heterocycles. The van der Waals surface area contributed by atoms with Crippen LogP contribution in [0.3, 0.4) is 0 Å². The van der Waals surface area contributed by atoms with E-state index in [2.05, 4.69) is 4.98 Å². The number of rotatable bonds is 2. The van der Waals surface area contributed by atoms with E-state index >= 15 is 0 Å². The molecule has 0 saturated carbocycles. The maximum absolute atomic E-state index is 11.5. The molecule has 15 heavy (non-hydrogen) atoms. The minimum atomic E-state index is -0.418. The fourth-order valence-electron chi connectivity index (χ4n) is 1.35. The highest BCUT2D eigenvalue weighted by Crippen LogP contribution is 2.15. The molecule has 0 saturated heterocycles. The highest BCUT2D eigenvalue weighted by molar-refractivity contribution is 6.30. The summed E-state index contributed by atoms with van der Waals surface area (Å²) < 4.78 is 6.45. The summed E-state index contributed by atoms with van der Waals surface area (Å²) >= 11 is 5.96. The summed E-state index contributed by atoms with van der Waals surface area (Å²) in [4.78, 5) is 15.6. The van der Waals surface area contributed by atoms with Gasteiger partial charge in [-0.05, 0) is 19.1 Å². The summed E-state index contributed by atoms with van der Waals surface area (Å²) in [5, 5.41) is 0.438. The van der Waals surface area contributed by atoms with E-state index in [0.717, 1.165) is 0 Å². The zero-order chi connectivity index (χ0) is 10.8. The number of aromatic nitrogens is 2. The molecule has 0 spiro atoms. The molecule has 2 rings (SSSR count). The fourth-order valence-corrected chi connectivity index (χ4v) is 1.60. The molecule has 2 heterocycles. The first kappa shape index (κ1) is 9.98. The molecule has 0 unspecified atom stereocenters. The molecule has 0 fully saturated rings. The van der Waals surface area contributed by atoms with Gasteiger partial charge >= 0.3 is 5.97 Å². The minimum absolute atomic E-state index is 0.330. The lowest BCUT2D eigenvalue weighted by Crippen LogP contribution is -2.08. The number of hydrogen-bond donors (Lipinski definition) is 0. The number of halogens is 1. The number of fused-ring (bicyclic) bond motifs is 1. The van der Waals surface area contributed by atoms with E-state index in [1.54, 1.807) is 29.5 Å². The number of carbonyl (C=O) groups is 1. The highest BCUT2D eigenvalue weighted by Gasteiger charge is 2.14. The fraction of sp³-hybridized carbons (Fsp3) is 0.200. The molecule has 0 aliphatic rings. The van der Waals surface area contributed by atoms with Crippen LogP contribution in [0.1, 0.15) is 17.4 Å². The average Bonchev–Trinajstić information content (AvgIpc) is 2.63. The third kappa shape index (κ3) is 1.68. The number of nitrogens with zero attached hydrogens (tertiary/aromatic N) is 2. The Bertz CT molecular complexity index is 507. The molecule has 0 amide bonds. The maximum atomic E-state index is 11.5. The summed E-state index contributed by atoms with van der Waals surface area (Å²) in [6.07, 6.45) is 1.46. The second kappa shape index (κ2) is 3.90. The van der Waals surface area contributed by atoms with E-state index in [1.807, 2.05) is 0 Å². The van der Waals surface area contributed by atoms with E-state index in [0.29, 0.717) is 23.1 Å². The summed E-state index contributed by atoms with van der Waals surface area (Å²) in [6, 6.07) is 5.24. The SMILES string of the molecule is CCOC(=O)c1cnc2cccc(Cl)n12. The molecule has 0 aliphatic carbocycles. The molecule has 78 valence electrons. The second-order valence-electron chi connectivity index (χ2n) is 2.91. The van der Waals surface area contributed by atoms with Crippen LogP contribution in [-0.2, 0) is 4.74 Å². The smallest absolute Gasteiger partial charge is 0.357 e. The van der Waals surface area contributed by atoms with Gasteiger partial charge in [0.1, 0.15) is 10.8 Å². The van der Waals surface area contributed by atoms with Gasteiger partial charge in [0.15, 0.2) is 5.69 Å². The van der Waals surface area contributed by atoms with Crippen molar-refractivity contribution in [2.75, 3.05) is 6.61 Å². The van der Waals surface area contributed by atoms with Gasteiger partial charge in [-0.15, -0.1) is 0 Å². The molecule has 0 bridgehead atoms. The van der Waals surface area contributed by atoms with Crippen molar-refractivity contribution in [3.63, 3.8) is 0 Å². The Morgan fingerprint density at radius 1 is 1.60 bits per heavy atom. The van der Waals surface area contributed by atoms with E-state index in [4.69, 9.17) is 16.3 Å². The molecule has 5 heteroatoms. The van der Waals surface area contributed by atoms with E-state index < -0.39 is 5.97 Å². The Hall–Kier alpha value is -1.55. The molecule has 0 atom stereocenters. The number of hydrogen-bond acceptors (Lipinski definition) is 3. The van der Waals surface area contributed by atoms with Crippen molar-refractivity contribution in [1.29, 1.82) is 0 Å². The average molecular weight is 225 g/mol. The predicted molar refractivity (Wildman–Crippen MR) is 56.2 cm³/mol. The van der Waals surface area contributed by atoms with Crippen LogP contribution in [0, 0.1) is 0 Å². The summed E-state index contributed by atoms with van der Waals surface area (Å²) in [5.74, 6) is -0.418. The summed E-state index contributed by atoms with van der Waals surface area (Å²) in [6.45, 7) is 2.08. The first-order valence-corrected chi connectivity index (χ1v) is 4.91. The lowest BCUT2D eigenvalue weighted by molar-refractivity contribution is 0.0518. The quantitative estimate of drug-likeness (QED) is 0.580. The van der Waals surface area contributed by atoms with Crippen LogP contribution in [0.4, 0.5) is 0 Å². The van der Waals surface area contributed by atoms with Crippen LogP contribution in [0.5, 0.6) is 0 Å². The third-order valence-corrected chi connectivity index (χ3v) is 2.26. The van der Waals surface area contributed by atoms with Gasteiger partial charge in [-0.1, -0.05) is 17.7 Å². The van der Waals surface area contributed by atoms with Gasteiger partial charge in [-0.2, -0.15) is 0 Å². The predicted octanol–water partition coefficient (Wildman–Crippen LogP) is 2.16. The first-order chi connectivity index (χ1) is 7.24. The Morgan fingerprint density at radius 3 is 3.13 bits per heavy atom. The van der Waals surface area contributed by atoms with Crippen molar-refractivity contribution in [3.8, 4) is 0 Å². The highest BCUT2D eigenvalue weighted by atomic mass is 35.5. The maximum Gasteiger partial charge on any atom is 0.357 e. The zero-order valence-electron chi connectivity index (χ0n) is 8.11. The van der Waals surface area contributed by atoms with Crippen LogP contribution >= 0.6 is 11.6 Å². The van der Waals surface area contributed by atoms with E-state index in [-0.39, 0.29) is 0 Å². The summed E-state index contributed by atoms with van der Waals surface area (Å²) in [5.41, 5.74) is 0.975. The number of esters is 1. The Labute approximate surface area is 91.4 Å². The largest absolute Gasteiger partial charge is 0.461 e. The van der Waals surface area contributed by atoms with Crippen LogP contribution in [0.25, 0.3) is 5.65 Å². The number of pyridine rings is 1. The van der Waals surface area contributed by atoms with Gasteiger partial charge in [0.05, 0.1) is 12.8 Å². The van der Waals surface area contributed by atoms with Gasteiger partial charge in [-0.25, -0.2) is 9.78 Å². The van der Waals surface area contributed by atoms with E-state index in [1.165, 1.54) is 6.20 Å². The Morgan fingerprint density at radius 2 is 2.40 bits per heavy atom. The van der Waals surface area contributed by atoms with Crippen molar-refractivity contribution in [2.45, 2.75) is 6.92 Å². The third-order valence-electron chi connectivity index (χ3n) is 1.97. The van der Waals surface area contributed by atoms with Gasteiger partial charge in [0, 0.05) is 0 Å². The van der Waals surface area contributed by atoms with Crippen LogP contribution in [0.15, 0.2) is 24.4 Å². The van der Waals surface area contributed by atoms with E-state index in [9.17, 15) is 4.79 Å². The van der Waals surface area contributed by atoms with Crippen LogP contribution in [0.2, 0.25) is 5.15 Å². The van der Waals surface area contributed by atoms with Gasteiger partial charge < -0.3 is 4.74 Å². The number of imidazole rings is 1. The molecular formula is C10H9ClN2O2. The standard InChI is InChI=1S/C10H9ClN2O2/c1-2-15-10(14)7-6-12-9-5-3-4-8(11)13(7)9/h3-6H,2H2,1H3. The zero-order valence-corrected chi connectivity index (χ0v) is 8.86. The molecule has 2 aromatic rings. The molecule has 2 aromatic heterocycles. The minimum Gasteiger partial charge on any atom is -0.461 e. The molecule has 0 radical (unpaired) electrons. The van der Waals surface area contributed by atoms with Crippen molar-refractivity contribution >= 4 is 23.2 Å². The summed E-state index contributed by atoms with van der Waals surface area (Å²) in [7, 11) is 0. The monoisotopic (exact) mass is 224 g/mol. The molecule has 0 N–H and O–H groups in total. The first-order valence-electron chi connectivity index (χ1n) is 4.53. The molecule has 4 nitrogen and oxygen atoms in total. The van der Waals surface area contributed by atoms with Gasteiger partial charge in [0.2, 0.25) is 0 Å². The lowest BCUT2D eigenvalue weighted by Gasteiger charge is -2.02. The van der Waals surface area contributed by atoms with Crippen molar-refractivity contribution < 1.29 is 9.53 Å². The molecule has 0 aromatic carbocycles. The van der Waals surface area contributed by atoms with Crippen LogP contribution in [-0.4, -0.2) is 22.0 Å². The van der Waals surface area contributed by atoms with Crippen molar-refractivity contribution in [2.24, 2.45) is 0 Å². The lowest BCUT2D eigenvalue weighted by atomic mass is 10.4. The number of carbonyl (C=O) groups excluding carboxylic acids is 1. The Balaban J connectivity index is 2.57. The molecular weight excluding hydrogens is 216 g/mol. The number of ether oxygens (including phenoxy) is 1. The van der Waals surface area contributed by atoms with Crippen LogP contribution < -0.4 is 0 Å². The van der Waals surface area contributed by atoms with Gasteiger partial charge in [0.25, 0.3) is 0 Å². The second-order valence-corrected chi connectivity index (χ2v) is 3.29.